The highest BCUT2D eigenvalue weighted by molar-refractivity contribution is 6.33. The first-order chi connectivity index (χ1) is 22.7. The summed E-state index contributed by atoms with van der Waals surface area (Å²) in [6.45, 7) is 5.12. The molecule has 0 radical (unpaired) electrons. The Bertz CT molecular complexity index is 1850. The second-order valence-electron chi connectivity index (χ2n) is 14.1. The lowest BCUT2D eigenvalue weighted by molar-refractivity contribution is -0.148. The van der Waals surface area contributed by atoms with Gasteiger partial charge in [-0.25, -0.2) is 14.7 Å². The Balaban J connectivity index is 1.38. The standard InChI is InChI=1S/C34H37ClF2N8O3/c1-32(2,3)18-34(23-8-5-20(6-9-23)22-15-41-44(16-22)30(36)37)29(47)45(31(38)42-34)26(17-48-27(46)14-33(4)11-12-33)21-7-10-25(35)24(13-21)28-39-19-40-43-28/h5-10,13,15-16,19,26,30H,11-12,14,17-18H2,1-4H3,(H2,38,42)(H,39,40,43)/t26-,34-/m1/s1. The highest BCUT2D eigenvalue weighted by Gasteiger charge is 2.53. The average molecular weight is 679 g/mol. The number of guanidine groups is 1. The fourth-order valence-corrected chi connectivity index (χ4v) is 6.36. The third-order valence-corrected chi connectivity index (χ3v) is 9.17. The molecule has 2 aromatic heterocycles. The van der Waals surface area contributed by atoms with Crippen LogP contribution in [0.25, 0.3) is 22.5 Å². The number of carbonyl (C=O) groups is 2. The van der Waals surface area contributed by atoms with Gasteiger partial charge in [-0.2, -0.15) is 19.0 Å². The lowest BCUT2D eigenvalue weighted by Crippen LogP contribution is -2.47. The molecule has 1 saturated carbocycles. The Morgan fingerprint density at radius 3 is 2.48 bits per heavy atom. The summed E-state index contributed by atoms with van der Waals surface area (Å²) in [6, 6.07) is 11.4. The minimum atomic E-state index is -2.76. The molecule has 2 aromatic carbocycles. The Labute approximate surface area is 281 Å². The summed E-state index contributed by atoms with van der Waals surface area (Å²) in [6.07, 6.45) is 6.47. The van der Waals surface area contributed by atoms with Gasteiger partial charge < -0.3 is 10.5 Å². The highest BCUT2D eigenvalue weighted by Crippen LogP contribution is 2.49. The summed E-state index contributed by atoms with van der Waals surface area (Å²) in [7, 11) is 0. The molecular formula is C34H37ClF2N8O3. The van der Waals surface area contributed by atoms with Crippen molar-refractivity contribution in [2.75, 3.05) is 6.61 Å². The molecular weight excluding hydrogens is 642 g/mol. The van der Waals surface area contributed by atoms with Crippen molar-refractivity contribution >= 4 is 29.4 Å². The molecule has 1 aliphatic heterocycles. The summed E-state index contributed by atoms with van der Waals surface area (Å²) >= 11 is 6.54. The zero-order chi connectivity index (χ0) is 34.4. The van der Waals surface area contributed by atoms with Crippen LogP contribution in [0.2, 0.25) is 5.02 Å². The van der Waals surface area contributed by atoms with Crippen LogP contribution in [0, 0.1) is 10.8 Å². The van der Waals surface area contributed by atoms with E-state index >= 15 is 0 Å². The van der Waals surface area contributed by atoms with Crippen molar-refractivity contribution in [1.82, 2.24) is 29.9 Å². The molecule has 252 valence electrons. The first-order valence-electron chi connectivity index (χ1n) is 15.6. The van der Waals surface area contributed by atoms with Crippen LogP contribution in [0.3, 0.4) is 0 Å². The zero-order valence-electron chi connectivity index (χ0n) is 27.1. The highest BCUT2D eigenvalue weighted by atomic mass is 35.5. The van der Waals surface area contributed by atoms with Gasteiger partial charge in [-0.15, -0.1) is 0 Å². The van der Waals surface area contributed by atoms with E-state index in [2.05, 4.69) is 20.3 Å². The number of rotatable bonds is 11. The molecule has 1 amide bonds. The minimum Gasteiger partial charge on any atom is -0.463 e. The Morgan fingerprint density at radius 1 is 1.15 bits per heavy atom. The SMILES string of the molecule is CC(C)(C)C[C@]1(c2ccc(-c3cnn(C(F)F)c3)cc2)N=C(N)N([C@H](COC(=O)CC2(C)CC2)c2ccc(Cl)c(-c3ncn[nH]3)c2)C1=O. The average Bonchev–Trinajstić information content (AvgIpc) is 3.42. The van der Waals surface area contributed by atoms with Crippen molar-refractivity contribution in [1.29, 1.82) is 0 Å². The van der Waals surface area contributed by atoms with Gasteiger partial charge in [-0.05, 0) is 58.9 Å². The number of nitrogens with two attached hydrogens (primary N) is 1. The molecule has 48 heavy (non-hydrogen) atoms. The van der Waals surface area contributed by atoms with Crippen LogP contribution >= 0.6 is 11.6 Å². The number of halogens is 3. The molecule has 4 aromatic rings. The van der Waals surface area contributed by atoms with E-state index in [1.165, 1.54) is 23.6 Å². The van der Waals surface area contributed by atoms with Crippen LogP contribution in [0.1, 0.15) is 77.1 Å². The number of aromatic nitrogens is 5. The maximum atomic E-state index is 14.9. The molecule has 2 atom stereocenters. The summed E-state index contributed by atoms with van der Waals surface area (Å²) in [5.74, 6) is -0.356. The van der Waals surface area contributed by atoms with Crippen molar-refractivity contribution in [2.45, 2.75) is 71.5 Å². The number of nitrogens with one attached hydrogen (secondary N) is 1. The van der Waals surface area contributed by atoms with Crippen LogP contribution in [-0.4, -0.2) is 54.3 Å². The maximum Gasteiger partial charge on any atom is 0.333 e. The largest absolute Gasteiger partial charge is 0.463 e. The second kappa shape index (κ2) is 12.4. The third kappa shape index (κ3) is 6.69. The number of ether oxygens (including phenoxy) is 1. The van der Waals surface area contributed by atoms with Gasteiger partial charge in [-0.3, -0.25) is 19.6 Å². The summed E-state index contributed by atoms with van der Waals surface area (Å²) < 4.78 is 32.7. The number of benzene rings is 2. The minimum absolute atomic E-state index is 0.0297. The maximum absolute atomic E-state index is 14.9. The number of amides is 1. The molecule has 6 rings (SSSR count). The number of H-pyrrole nitrogens is 1. The fourth-order valence-electron chi connectivity index (χ4n) is 6.15. The monoisotopic (exact) mass is 678 g/mol. The molecule has 0 saturated heterocycles. The van der Waals surface area contributed by atoms with Gasteiger partial charge in [0.1, 0.15) is 12.9 Å². The van der Waals surface area contributed by atoms with Crippen LogP contribution in [-0.2, 0) is 19.9 Å². The van der Waals surface area contributed by atoms with Gasteiger partial charge in [0.05, 0.1) is 23.7 Å². The van der Waals surface area contributed by atoms with Gasteiger partial charge in [-0.1, -0.05) is 69.6 Å². The van der Waals surface area contributed by atoms with Crippen molar-refractivity contribution in [3.8, 4) is 22.5 Å². The molecule has 3 N–H and O–H groups in total. The predicted molar refractivity (Wildman–Crippen MR) is 176 cm³/mol. The summed E-state index contributed by atoms with van der Waals surface area (Å²) in [5.41, 5.74) is 7.65. The quantitative estimate of drug-likeness (QED) is 0.169. The number of nitrogens with zero attached hydrogens (tertiary/aromatic N) is 6. The first kappa shape index (κ1) is 33.3. The first-order valence-corrected chi connectivity index (χ1v) is 16.0. The molecule has 0 unspecified atom stereocenters. The van der Waals surface area contributed by atoms with Crippen molar-refractivity contribution in [3.05, 3.63) is 77.3 Å². The van der Waals surface area contributed by atoms with E-state index < -0.39 is 18.1 Å². The Morgan fingerprint density at radius 2 is 1.88 bits per heavy atom. The van der Waals surface area contributed by atoms with Gasteiger partial charge in [0.25, 0.3) is 5.91 Å². The van der Waals surface area contributed by atoms with E-state index in [1.54, 1.807) is 42.5 Å². The second-order valence-corrected chi connectivity index (χ2v) is 14.5. The molecule has 0 spiro atoms. The molecule has 1 fully saturated rings. The van der Waals surface area contributed by atoms with Crippen LogP contribution in [0.5, 0.6) is 0 Å². The number of hydrogen-bond donors (Lipinski definition) is 2. The van der Waals surface area contributed by atoms with E-state index in [0.29, 0.717) is 49.8 Å². The van der Waals surface area contributed by atoms with E-state index in [-0.39, 0.29) is 41.7 Å². The lowest BCUT2D eigenvalue weighted by Gasteiger charge is -2.35. The molecule has 11 nitrogen and oxygen atoms in total. The Kier molecular flexibility index (Phi) is 8.61. The fraction of sp³-hybridized carbons (Fsp3) is 0.412. The van der Waals surface area contributed by atoms with Crippen LogP contribution in [0.15, 0.2) is 66.2 Å². The molecule has 2 aliphatic rings. The zero-order valence-corrected chi connectivity index (χ0v) is 27.8. The number of alkyl halides is 2. The van der Waals surface area contributed by atoms with Gasteiger partial charge in [0, 0.05) is 17.3 Å². The van der Waals surface area contributed by atoms with Crippen molar-refractivity contribution < 1.29 is 23.1 Å². The molecule has 3 heterocycles. The van der Waals surface area contributed by atoms with Crippen molar-refractivity contribution in [2.24, 2.45) is 21.6 Å². The topological polar surface area (TPSA) is 144 Å². The Hall–Kier alpha value is -4.65. The van der Waals surface area contributed by atoms with Crippen LogP contribution in [0.4, 0.5) is 8.78 Å². The lowest BCUT2D eigenvalue weighted by atomic mass is 9.75. The number of carbonyl (C=O) groups excluding carboxylic acids is 2. The number of aliphatic imine (C=N–C) groups is 1. The number of hydrogen-bond acceptors (Lipinski definition) is 8. The molecule has 14 heteroatoms. The van der Waals surface area contributed by atoms with Gasteiger partial charge in [0.15, 0.2) is 17.3 Å². The van der Waals surface area contributed by atoms with E-state index in [1.807, 2.05) is 27.7 Å². The summed E-state index contributed by atoms with van der Waals surface area (Å²) in [4.78, 5) is 38.3. The molecule has 0 bridgehead atoms. The van der Waals surface area contributed by atoms with Crippen molar-refractivity contribution in [3.63, 3.8) is 0 Å². The van der Waals surface area contributed by atoms with Gasteiger partial charge in [0.2, 0.25) is 0 Å². The molecule has 1 aliphatic carbocycles. The predicted octanol–water partition coefficient (Wildman–Crippen LogP) is 6.65. The van der Waals surface area contributed by atoms with E-state index in [0.717, 1.165) is 12.8 Å². The number of esters is 1. The van der Waals surface area contributed by atoms with Crippen LogP contribution < -0.4 is 5.73 Å². The van der Waals surface area contributed by atoms with E-state index in [4.69, 9.17) is 27.1 Å². The summed E-state index contributed by atoms with van der Waals surface area (Å²) in [5, 5.41) is 10.9. The smallest absolute Gasteiger partial charge is 0.333 e. The number of aromatic amines is 1. The third-order valence-electron chi connectivity index (χ3n) is 8.84. The normalized spacial score (nSPS) is 19.5. The van der Waals surface area contributed by atoms with E-state index in [9.17, 15) is 18.4 Å². The van der Waals surface area contributed by atoms with Gasteiger partial charge >= 0.3 is 12.5 Å².